The molecule has 6 nitrogen and oxygen atoms in total. The fourth-order valence-electron chi connectivity index (χ4n) is 3.38. The van der Waals surface area contributed by atoms with Gasteiger partial charge in [0.05, 0.1) is 22.7 Å². The highest BCUT2D eigenvalue weighted by Gasteiger charge is 2.25. The predicted octanol–water partition coefficient (Wildman–Crippen LogP) is 5.88. The minimum atomic E-state index is -3.91. The van der Waals surface area contributed by atoms with Crippen LogP contribution in [-0.4, -0.2) is 19.5 Å². The smallest absolute Gasteiger partial charge is 0.335 e. The highest BCUT2D eigenvalue weighted by Crippen LogP contribution is 2.28. The number of carbonyl (C=O) groups is 1. The summed E-state index contributed by atoms with van der Waals surface area (Å²) in [5.41, 5.74) is 2.15. The molecule has 172 valence electrons. The van der Waals surface area contributed by atoms with Crippen LogP contribution in [0.3, 0.4) is 0 Å². The third kappa shape index (κ3) is 5.27. The molecule has 0 aromatic heterocycles. The molecule has 0 spiro atoms. The standard InChI is InChI=1S/C27H23NO5S/c1-20-7-17-26(18-8-20)34(31,32)28(23-13-11-22(12-14-23)27(29)30)19-21-9-15-25(16-10-21)33-24-5-3-2-4-6-24/h2-18H,19H2,1H3,(H,29,30). The molecule has 0 unspecified atom stereocenters. The Kier molecular flexibility index (Phi) is 6.65. The maximum atomic E-state index is 13.6. The Morgan fingerprint density at radius 1 is 0.794 bits per heavy atom. The SMILES string of the molecule is Cc1ccc(S(=O)(=O)N(Cc2ccc(Oc3ccccc3)cc2)c2ccc(C(=O)O)cc2)cc1. The summed E-state index contributed by atoms with van der Waals surface area (Å²) in [5, 5.41) is 9.20. The molecule has 0 atom stereocenters. The van der Waals surface area contributed by atoms with E-state index in [0.717, 1.165) is 11.1 Å². The molecule has 0 bridgehead atoms. The van der Waals surface area contributed by atoms with E-state index in [1.165, 1.54) is 28.6 Å². The molecule has 0 heterocycles. The minimum Gasteiger partial charge on any atom is -0.478 e. The fraction of sp³-hybridized carbons (Fsp3) is 0.0741. The van der Waals surface area contributed by atoms with Crippen molar-refractivity contribution < 1.29 is 23.1 Å². The number of ether oxygens (including phenoxy) is 1. The van der Waals surface area contributed by atoms with Crippen molar-refractivity contribution in [2.75, 3.05) is 4.31 Å². The topological polar surface area (TPSA) is 83.9 Å². The van der Waals surface area contributed by atoms with E-state index in [1.807, 2.05) is 49.4 Å². The van der Waals surface area contributed by atoms with Crippen molar-refractivity contribution in [2.24, 2.45) is 0 Å². The van der Waals surface area contributed by atoms with E-state index in [-0.39, 0.29) is 17.0 Å². The third-order valence-electron chi connectivity index (χ3n) is 5.24. The van der Waals surface area contributed by atoms with Gasteiger partial charge >= 0.3 is 5.97 Å². The van der Waals surface area contributed by atoms with Gasteiger partial charge in [-0.05, 0) is 73.2 Å². The zero-order valence-corrected chi connectivity index (χ0v) is 19.3. The summed E-state index contributed by atoms with van der Waals surface area (Å²) < 4.78 is 34.2. The number of carboxylic acid groups (broad SMARTS) is 1. The largest absolute Gasteiger partial charge is 0.478 e. The van der Waals surface area contributed by atoms with Crippen molar-refractivity contribution in [3.63, 3.8) is 0 Å². The monoisotopic (exact) mass is 473 g/mol. The molecular formula is C27H23NO5S. The Morgan fingerprint density at radius 2 is 1.38 bits per heavy atom. The van der Waals surface area contributed by atoms with Crippen LogP contribution in [0.2, 0.25) is 0 Å². The first-order valence-corrected chi connectivity index (χ1v) is 12.0. The maximum absolute atomic E-state index is 13.6. The highest BCUT2D eigenvalue weighted by molar-refractivity contribution is 7.92. The van der Waals surface area contributed by atoms with Crippen LogP contribution in [0.15, 0.2) is 108 Å². The predicted molar refractivity (Wildman–Crippen MR) is 131 cm³/mol. The van der Waals surface area contributed by atoms with Crippen molar-refractivity contribution in [1.29, 1.82) is 0 Å². The first-order valence-electron chi connectivity index (χ1n) is 10.6. The number of aryl methyl sites for hydroxylation is 1. The van der Waals surface area contributed by atoms with Gasteiger partial charge in [0, 0.05) is 0 Å². The molecule has 7 heteroatoms. The molecule has 0 amide bonds. The van der Waals surface area contributed by atoms with Crippen LogP contribution in [0, 0.1) is 6.92 Å². The lowest BCUT2D eigenvalue weighted by Crippen LogP contribution is -2.30. The Labute approximate surface area is 198 Å². The second-order valence-corrected chi connectivity index (χ2v) is 9.60. The van der Waals surface area contributed by atoms with E-state index < -0.39 is 16.0 Å². The van der Waals surface area contributed by atoms with Gasteiger partial charge in [-0.3, -0.25) is 4.31 Å². The maximum Gasteiger partial charge on any atom is 0.335 e. The second kappa shape index (κ2) is 9.80. The Bertz CT molecular complexity index is 1370. The van der Waals surface area contributed by atoms with Crippen molar-refractivity contribution >= 4 is 21.7 Å². The van der Waals surface area contributed by atoms with Crippen LogP contribution < -0.4 is 9.04 Å². The van der Waals surface area contributed by atoms with Gasteiger partial charge in [-0.25, -0.2) is 13.2 Å². The zero-order valence-electron chi connectivity index (χ0n) is 18.5. The lowest BCUT2D eigenvalue weighted by Gasteiger charge is -2.25. The average Bonchev–Trinajstić information content (AvgIpc) is 2.84. The van der Waals surface area contributed by atoms with E-state index in [1.54, 1.807) is 36.4 Å². The van der Waals surface area contributed by atoms with E-state index in [2.05, 4.69) is 0 Å². The lowest BCUT2D eigenvalue weighted by atomic mass is 10.2. The number of aromatic carboxylic acids is 1. The van der Waals surface area contributed by atoms with Gasteiger partial charge in [0.1, 0.15) is 11.5 Å². The quantitative estimate of drug-likeness (QED) is 0.345. The molecule has 0 aliphatic heterocycles. The molecule has 0 fully saturated rings. The first kappa shape index (κ1) is 23.1. The van der Waals surface area contributed by atoms with Gasteiger partial charge in [0.15, 0.2) is 0 Å². The minimum absolute atomic E-state index is 0.0637. The fourth-order valence-corrected chi connectivity index (χ4v) is 4.83. The number of hydrogen-bond acceptors (Lipinski definition) is 4. The van der Waals surface area contributed by atoms with Gasteiger partial charge in [-0.15, -0.1) is 0 Å². The Morgan fingerprint density at radius 3 is 1.97 bits per heavy atom. The number of nitrogens with zero attached hydrogens (tertiary/aromatic N) is 1. The highest BCUT2D eigenvalue weighted by atomic mass is 32.2. The van der Waals surface area contributed by atoms with Crippen LogP contribution in [-0.2, 0) is 16.6 Å². The van der Waals surface area contributed by atoms with Crippen molar-refractivity contribution in [3.8, 4) is 11.5 Å². The number of carboxylic acids is 1. The summed E-state index contributed by atoms with van der Waals surface area (Å²) in [6.07, 6.45) is 0. The number of rotatable bonds is 8. The van der Waals surface area contributed by atoms with Crippen LogP contribution in [0.5, 0.6) is 11.5 Å². The van der Waals surface area contributed by atoms with Gasteiger partial charge in [0.25, 0.3) is 10.0 Å². The summed E-state index contributed by atoms with van der Waals surface area (Å²) in [7, 11) is -3.91. The molecule has 0 saturated carbocycles. The van der Waals surface area contributed by atoms with Gasteiger partial charge < -0.3 is 9.84 Å². The zero-order chi connectivity index (χ0) is 24.1. The summed E-state index contributed by atoms with van der Waals surface area (Å²) >= 11 is 0. The molecule has 0 saturated heterocycles. The number of para-hydroxylation sites is 1. The van der Waals surface area contributed by atoms with Crippen LogP contribution in [0.1, 0.15) is 21.5 Å². The van der Waals surface area contributed by atoms with Crippen LogP contribution in [0.25, 0.3) is 0 Å². The summed E-state index contributed by atoms with van der Waals surface area (Å²) in [5.74, 6) is 0.263. The van der Waals surface area contributed by atoms with Gasteiger partial charge in [-0.1, -0.05) is 48.0 Å². The molecular weight excluding hydrogens is 450 g/mol. The van der Waals surface area contributed by atoms with Gasteiger partial charge in [-0.2, -0.15) is 0 Å². The number of anilines is 1. The Hall–Kier alpha value is -4.10. The third-order valence-corrected chi connectivity index (χ3v) is 7.03. The van der Waals surface area contributed by atoms with E-state index in [4.69, 9.17) is 4.74 Å². The number of hydrogen-bond donors (Lipinski definition) is 1. The van der Waals surface area contributed by atoms with Crippen LogP contribution >= 0.6 is 0 Å². The molecule has 4 aromatic rings. The van der Waals surface area contributed by atoms with Crippen LogP contribution in [0.4, 0.5) is 5.69 Å². The van der Waals surface area contributed by atoms with E-state index in [9.17, 15) is 18.3 Å². The molecule has 4 aromatic carbocycles. The Balaban J connectivity index is 1.65. The summed E-state index contributed by atoms with van der Waals surface area (Å²) in [6, 6.07) is 29.0. The summed E-state index contributed by atoms with van der Waals surface area (Å²) in [6.45, 7) is 1.95. The first-order chi connectivity index (χ1) is 16.3. The molecule has 4 rings (SSSR count). The summed E-state index contributed by atoms with van der Waals surface area (Å²) in [4.78, 5) is 11.4. The van der Waals surface area contributed by atoms with Crippen molar-refractivity contribution in [1.82, 2.24) is 0 Å². The molecule has 34 heavy (non-hydrogen) atoms. The number of benzene rings is 4. The average molecular weight is 474 g/mol. The van der Waals surface area contributed by atoms with Crippen molar-refractivity contribution in [3.05, 3.63) is 120 Å². The molecule has 0 aliphatic rings. The molecule has 0 radical (unpaired) electrons. The van der Waals surface area contributed by atoms with E-state index in [0.29, 0.717) is 17.2 Å². The molecule has 1 N–H and O–H groups in total. The van der Waals surface area contributed by atoms with Gasteiger partial charge in [0.2, 0.25) is 0 Å². The molecule has 0 aliphatic carbocycles. The van der Waals surface area contributed by atoms with E-state index >= 15 is 0 Å². The number of sulfonamides is 1. The van der Waals surface area contributed by atoms with Crippen molar-refractivity contribution in [2.45, 2.75) is 18.4 Å². The second-order valence-electron chi connectivity index (χ2n) is 7.74. The normalized spacial score (nSPS) is 11.1. The lowest BCUT2D eigenvalue weighted by molar-refractivity contribution is 0.0697.